The molecule has 3 rings (SSSR count). The van der Waals surface area contributed by atoms with Crippen LogP contribution in [0, 0.1) is 6.92 Å². The Kier molecular flexibility index (Phi) is 5.58. The molecule has 0 bridgehead atoms. The van der Waals surface area contributed by atoms with Gasteiger partial charge in [0.05, 0.1) is 5.75 Å². The van der Waals surface area contributed by atoms with Crippen LogP contribution in [0.4, 0.5) is 4.79 Å². The molecule has 0 radical (unpaired) electrons. The van der Waals surface area contributed by atoms with Crippen LogP contribution < -0.4 is 4.74 Å². The van der Waals surface area contributed by atoms with Crippen LogP contribution in [-0.2, 0) is 15.8 Å². The topological polar surface area (TPSA) is 66.9 Å². The maximum absolute atomic E-state index is 12.7. The fourth-order valence-corrected chi connectivity index (χ4v) is 4.48. The van der Waals surface area contributed by atoms with E-state index in [2.05, 4.69) is 0 Å². The Morgan fingerprint density at radius 1 is 0.962 bits per heavy atom. The number of piperazine rings is 1. The van der Waals surface area contributed by atoms with E-state index in [1.54, 1.807) is 24.3 Å². The summed E-state index contributed by atoms with van der Waals surface area (Å²) in [6.07, 6.45) is -0.452. The van der Waals surface area contributed by atoms with Crippen molar-refractivity contribution in [2.75, 3.05) is 26.2 Å². The van der Waals surface area contributed by atoms with Crippen molar-refractivity contribution in [2.24, 2.45) is 0 Å². The average Bonchev–Trinajstić information content (AvgIpc) is 2.64. The van der Waals surface area contributed by atoms with Crippen LogP contribution in [0.3, 0.4) is 0 Å². The van der Waals surface area contributed by atoms with Crippen LogP contribution in [0.15, 0.2) is 54.6 Å². The molecular formula is C19H22N2O4S. The number of aryl methyl sites for hydroxylation is 1. The molecule has 1 saturated heterocycles. The van der Waals surface area contributed by atoms with E-state index in [1.807, 2.05) is 37.3 Å². The van der Waals surface area contributed by atoms with Gasteiger partial charge in [0.1, 0.15) is 5.75 Å². The van der Waals surface area contributed by atoms with E-state index in [4.69, 9.17) is 4.74 Å². The van der Waals surface area contributed by atoms with Crippen molar-refractivity contribution in [1.82, 2.24) is 9.21 Å². The summed E-state index contributed by atoms with van der Waals surface area (Å²) in [4.78, 5) is 13.7. The van der Waals surface area contributed by atoms with E-state index in [-0.39, 0.29) is 18.8 Å². The third kappa shape index (κ3) is 4.42. The van der Waals surface area contributed by atoms with Gasteiger partial charge >= 0.3 is 6.09 Å². The molecule has 1 heterocycles. The summed E-state index contributed by atoms with van der Waals surface area (Å²) < 4.78 is 32.1. The maximum Gasteiger partial charge on any atom is 0.415 e. The van der Waals surface area contributed by atoms with Crippen molar-refractivity contribution < 1.29 is 17.9 Å². The van der Waals surface area contributed by atoms with E-state index in [9.17, 15) is 13.2 Å². The zero-order valence-corrected chi connectivity index (χ0v) is 15.5. The molecule has 1 amide bonds. The molecule has 7 heteroatoms. The summed E-state index contributed by atoms with van der Waals surface area (Å²) in [7, 11) is -3.41. The largest absolute Gasteiger partial charge is 0.415 e. The molecule has 0 N–H and O–H groups in total. The highest BCUT2D eigenvalue weighted by atomic mass is 32.2. The quantitative estimate of drug-likeness (QED) is 0.825. The van der Waals surface area contributed by atoms with Gasteiger partial charge < -0.3 is 9.64 Å². The highest BCUT2D eigenvalue weighted by molar-refractivity contribution is 7.88. The molecule has 0 atom stereocenters. The molecular weight excluding hydrogens is 352 g/mol. The van der Waals surface area contributed by atoms with Crippen molar-refractivity contribution in [1.29, 1.82) is 0 Å². The molecule has 0 aromatic heterocycles. The Morgan fingerprint density at radius 2 is 1.58 bits per heavy atom. The van der Waals surface area contributed by atoms with Crippen LogP contribution in [0.1, 0.15) is 11.1 Å². The summed E-state index contributed by atoms with van der Waals surface area (Å²) in [5, 5.41) is 0. The minimum absolute atomic E-state index is 0.0197. The third-order valence-electron chi connectivity index (χ3n) is 4.44. The molecule has 2 aromatic carbocycles. The molecule has 0 aliphatic carbocycles. The smallest absolute Gasteiger partial charge is 0.410 e. The van der Waals surface area contributed by atoms with Crippen molar-refractivity contribution in [2.45, 2.75) is 12.7 Å². The second kappa shape index (κ2) is 7.88. The molecule has 26 heavy (non-hydrogen) atoms. The predicted molar refractivity (Wildman–Crippen MR) is 99.4 cm³/mol. The zero-order valence-electron chi connectivity index (χ0n) is 14.7. The Bertz CT molecular complexity index is 860. The van der Waals surface area contributed by atoms with Crippen molar-refractivity contribution in [3.63, 3.8) is 0 Å². The average molecular weight is 374 g/mol. The molecule has 0 saturated carbocycles. The van der Waals surface area contributed by atoms with E-state index >= 15 is 0 Å². The molecule has 0 unspecified atom stereocenters. The number of carbonyl (C=O) groups excluding carboxylic acids is 1. The maximum atomic E-state index is 12.7. The molecule has 138 valence electrons. The van der Waals surface area contributed by atoms with E-state index in [0.29, 0.717) is 18.8 Å². The fourth-order valence-electron chi connectivity index (χ4n) is 2.86. The van der Waals surface area contributed by atoms with Gasteiger partial charge in [0.25, 0.3) is 0 Å². The van der Waals surface area contributed by atoms with Crippen molar-refractivity contribution in [3.8, 4) is 5.75 Å². The van der Waals surface area contributed by atoms with Crippen LogP contribution in [0.25, 0.3) is 0 Å². The molecule has 6 nitrogen and oxygen atoms in total. The van der Waals surface area contributed by atoms with Gasteiger partial charge in [0.2, 0.25) is 10.0 Å². The van der Waals surface area contributed by atoms with Gasteiger partial charge in [0.15, 0.2) is 0 Å². The summed E-state index contributed by atoms with van der Waals surface area (Å²) >= 11 is 0. The molecule has 1 fully saturated rings. The summed E-state index contributed by atoms with van der Waals surface area (Å²) in [5.74, 6) is 0.459. The lowest BCUT2D eigenvalue weighted by Gasteiger charge is -2.33. The van der Waals surface area contributed by atoms with E-state index in [0.717, 1.165) is 11.1 Å². The number of para-hydroxylation sites is 1. The molecule has 2 aromatic rings. The number of sulfonamides is 1. The van der Waals surface area contributed by atoms with Crippen molar-refractivity contribution >= 4 is 16.1 Å². The van der Waals surface area contributed by atoms with E-state index < -0.39 is 16.1 Å². The second-order valence-corrected chi connectivity index (χ2v) is 8.22. The summed E-state index contributed by atoms with van der Waals surface area (Å²) in [6, 6.07) is 16.3. The van der Waals surface area contributed by atoms with Gasteiger partial charge in [-0.1, -0.05) is 42.5 Å². The predicted octanol–water partition coefficient (Wildman–Crippen LogP) is 2.64. The van der Waals surface area contributed by atoms with Gasteiger partial charge in [-0.25, -0.2) is 13.2 Å². The fraction of sp³-hybridized carbons (Fsp3) is 0.316. The minimum Gasteiger partial charge on any atom is -0.410 e. The van der Waals surface area contributed by atoms with Gasteiger partial charge in [-0.05, 0) is 30.2 Å². The first-order chi connectivity index (χ1) is 12.5. The van der Waals surface area contributed by atoms with Crippen LogP contribution >= 0.6 is 0 Å². The van der Waals surface area contributed by atoms with Crippen LogP contribution in [0.5, 0.6) is 5.75 Å². The number of amides is 1. The van der Waals surface area contributed by atoms with Gasteiger partial charge in [0, 0.05) is 26.2 Å². The number of nitrogens with zero attached hydrogens (tertiary/aromatic N) is 2. The molecule has 0 spiro atoms. The SMILES string of the molecule is Cc1ccccc1CS(=O)(=O)N1CCN(C(=O)Oc2ccccc2)CC1. The number of ether oxygens (including phenoxy) is 1. The first kappa shape index (κ1) is 18.4. The number of benzene rings is 2. The lowest BCUT2D eigenvalue weighted by atomic mass is 10.1. The Hall–Kier alpha value is -2.38. The normalized spacial score (nSPS) is 15.7. The number of hydrogen-bond acceptors (Lipinski definition) is 4. The van der Waals surface area contributed by atoms with Crippen LogP contribution in [0.2, 0.25) is 0 Å². The standard InChI is InChI=1S/C19H22N2O4S/c1-16-7-5-6-8-17(16)15-26(23,24)21-13-11-20(12-14-21)19(22)25-18-9-3-2-4-10-18/h2-10H,11-15H2,1H3. The number of rotatable bonds is 4. The molecule has 1 aliphatic heterocycles. The van der Waals surface area contributed by atoms with Gasteiger partial charge in [-0.3, -0.25) is 0 Å². The highest BCUT2D eigenvalue weighted by Gasteiger charge is 2.30. The van der Waals surface area contributed by atoms with Gasteiger partial charge in [-0.2, -0.15) is 4.31 Å². The highest BCUT2D eigenvalue weighted by Crippen LogP contribution is 2.17. The lowest BCUT2D eigenvalue weighted by Crippen LogP contribution is -2.51. The number of hydrogen-bond donors (Lipinski definition) is 0. The van der Waals surface area contributed by atoms with Crippen LogP contribution in [-0.4, -0.2) is 49.9 Å². The van der Waals surface area contributed by atoms with Crippen molar-refractivity contribution in [3.05, 3.63) is 65.7 Å². The van der Waals surface area contributed by atoms with Gasteiger partial charge in [-0.15, -0.1) is 0 Å². The second-order valence-electron chi connectivity index (χ2n) is 6.25. The first-order valence-electron chi connectivity index (χ1n) is 8.50. The number of carbonyl (C=O) groups is 1. The summed E-state index contributed by atoms with van der Waals surface area (Å²) in [6.45, 7) is 3.09. The monoisotopic (exact) mass is 374 g/mol. The lowest BCUT2D eigenvalue weighted by molar-refractivity contribution is 0.132. The third-order valence-corrected chi connectivity index (χ3v) is 6.27. The van der Waals surface area contributed by atoms with E-state index in [1.165, 1.54) is 9.21 Å². The first-order valence-corrected chi connectivity index (χ1v) is 10.1. The molecule has 1 aliphatic rings. The zero-order chi connectivity index (χ0) is 18.6. The minimum atomic E-state index is -3.41. The Morgan fingerprint density at radius 3 is 2.23 bits per heavy atom. The Labute approximate surface area is 154 Å². The summed E-state index contributed by atoms with van der Waals surface area (Å²) in [5.41, 5.74) is 1.76. The Balaban J connectivity index is 1.57.